The smallest absolute Gasteiger partial charge is 0.226 e. The number of nitrogens with one attached hydrogen (secondary N) is 1. The number of fused-ring (bicyclic) bond motifs is 1. The van der Waals surface area contributed by atoms with Crippen LogP contribution in [0.25, 0.3) is 11.2 Å². The van der Waals surface area contributed by atoms with Gasteiger partial charge >= 0.3 is 0 Å². The van der Waals surface area contributed by atoms with Gasteiger partial charge in [-0.1, -0.05) is 6.92 Å². The van der Waals surface area contributed by atoms with Crippen molar-refractivity contribution in [2.45, 2.75) is 19.4 Å². The highest BCUT2D eigenvalue weighted by molar-refractivity contribution is 6.28. The molecule has 2 heterocycles. The number of aliphatic hydroxyl groups excluding tert-OH is 1. The Kier molecular flexibility index (Phi) is 3.44. The summed E-state index contributed by atoms with van der Waals surface area (Å²) in [7, 11) is 1.86. The number of nitrogens with zero attached hydrogens (tertiary/aromatic N) is 4. The second kappa shape index (κ2) is 4.85. The lowest BCUT2D eigenvalue weighted by Crippen LogP contribution is -2.23. The highest BCUT2D eigenvalue weighted by Gasteiger charge is 2.14. The summed E-state index contributed by atoms with van der Waals surface area (Å²) in [4.78, 5) is 12.3. The summed E-state index contributed by atoms with van der Waals surface area (Å²) < 4.78 is 1.82. The summed E-state index contributed by atoms with van der Waals surface area (Å²) in [5, 5.41) is 12.5. The minimum absolute atomic E-state index is 0.0392. The van der Waals surface area contributed by atoms with Crippen molar-refractivity contribution in [3.05, 3.63) is 11.6 Å². The van der Waals surface area contributed by atoms with Crippen LogP contribution in [0, 0.1) is 0 Å². The molecular weight excluding hydrogens is 242 g/mol. The molecule has 2 rings (SSSR count). The van der Waals surface area contributed by atoms with Crippen LogP contribution in [0.15, 0.2) is 6.33 Å². The highest BCUT2D eigenvalue weighted by Crippen LogP contribution is 2.21. The molecule has 0 saturated heterocycles. The van der Waals surface area contributed by atoms with Gasteiger partial charge in [0.05, 0.1) is 19.0 Å². The topological polar surface area (TPSA) is 75.9 Å². The first kappa shape index (κ1) is 12.1. The van der Waals surface area contributed by atoms with Gasteiger partial charge in [0.1, 0.15) is 5.52 Å². The molecule has 92 valence electrons. The molecule has 0 aliphatic heterocycles. The van der Waals surface area contributed by atoms with E-state index in [0.717, 1.165) is 11.9 Å². The van der Waals surface area contributed by atoms with Gasteiger partial charge in [-0.15, -0.1) is 0 Å². The lowest BCUT2D eigenvalue weighted by atomic mass is 10.2. The zero-order valence-electron chi connectivity index (χ0n) is 9.68. The quantitative estimate of drug-likeness (QED) is 0.803. The van der Waals surface area contributed by atoms with Gasteiger partial charge in [-0.3, -0.25) is 0 Å². The van der Waals surface area contributed by atoms with Crippen LogP contribution in [-0.2, 0) is 7.05 Å². The fourth-order valence-electron chi connectivity index (χ4n) is 1.60. The van der Waals surface area contributed by atoms with E-state index >= 15 is 0 Å². The maximum Gasteiger partial charge on any atom is 0.226 e. The predicted octanol–water partition coefficient (Wildman–Crippen LogP) is 1.20. The van der Waals surface area contributed by atoms with Crippen LogP contribution in [0.3, 0.4) is 0 Å². The van der Waals surface area contributed by atoms with E-state index in [-0.39, 0.29) is 17.9 Å². The predicted molar refractivity (Wildman–Crippen MR) is 66.1 cm³/mol. The van der Waals surface area contributed by atoms with Crippen LogP contribution >= 0.6 is 11.6 Å². The molecule has 1 atom stereocenters. The minimum Gasteiger partial charge on any atom is -0.394 e. The molecule has 2 N–H and O–H groups in total. The van der Waals surface area contributed by atoms with Crippen molar-refractivity contribution in [3.63, 3.8) is 0 Å². The van der Waals surface area contributed by atoms with Gasteiger partial charge in [0, 0.05) is 7.05 Å². The van der Waals surface area contributed by atoms with Gasteiger partial charge in [0.15, 0.2) is 11.5 Å². The Balaban J connectivity index is 2.47. The first-order chi connectivity index (χ1) is 8.15. The van der Waals surface area contributed by atoms with Gasteiger partial charge in [-0.05, 0) is 18.0 Å². The summed E-state index contributed by atoms with van der Waals surface area (Å²) in [6.07, 6.45) is 2.44. The number of aromatic nitrogens is 4. The molecule has 2 aromatic heterocycles. The Morgan fingerprint density at radius 1 is 1.53 bits per heavy atom. The molecule has 0 radical (unpaired) electrons. The molecule has 2 aromatic rings. The molecule has 1 unspecified atom stereocenters. The van der Waals surface area contributed by atoms with Crippen LogP contribution < -0.4 is 5.32 Å². The molecule has 0 aromatic carbocycles. The average molecular weight is 256 g/mol. The number of halogens is 1. The monoisotopic (exact) mass is 255 g/mol. The standard InChI is InChI=1S/C10H14ClN5O/c1-3-6(4-17)13-9-7-8(12-5-16(7)2)14-10(11)15-9/h5-6,17H,3-4H2,1-2H3,(H,13,14,15). The molecule has 0 spiro atoms. The molecule has 0 aliphatic carbocycles. The minimum atomic E-state index is -0.0564. The third kappa shape index (κ3) is 2.32. The number of hydrogen-bond donors (Lipinski definition) is 2. The first-order valence-electron chi connectivity index (χ1n) is 5.37. The Bertz CT molecular complexity index is 523. The number of anilines is 1. The molecule has 0 fully saturated rings. The normalized spacial score (nSPS) is 12.9. The molecule has 7 heteroatoms. The van der Waals surface area contributed by atoms with Crippen molar-refractivity contribution in [2.75, 3.05) is 11.9 Å². The van der Waals surface area contributed by atoms with Crippen molar-refractivity contribution in [1.82, 2.24) is 19.5 Å². The summed E-state index contributed by atoms with van der Waals surface area (Å²) in [5.74, 6) is 0.598. The zero-order valence-corrected chi connectivity index (χ0v) is 10.4. The Hall–Kier alpha value is -1.40. The number of rotatable bonds is 4. The number of aliphatic hydroxyl groups is 1. The van der Waals surface area contributed by atoms with Crippen LogP contribution in [-0.4, -0.2) is 37.3 Å². The second-order valence-electron chi connectivity index (χ2n) is 3.80. The molecule has 0 bridgehead atoms. The van der Waals surface area contributed by atoms with E-state index in [4.69, 9.17) is 11.6 Å². The van der Waals surface area contributed by atoms with Gasteiger partial charge in [-0.2, -0.15) is 9.97 Å². The average Bonchev–Trinajstić information content (AvgIpc) is 2.67. The lowest BCUT2D eigenvalue weighted by Gasteiger charge is -2.15. The maximum absolute atomic E-state index is 9.19. The first-order valence-corrected chi connectivity index (χ1v) is 5.75. The third-order valence-electron chi connectivity index (χ3n) is 2.60. The van der Waals surface area contributed by atoms with Crippen molar-refractivity contribution < 1.29 is 5.11 Å². The Morgan fingerprint density at radius 3 is 2.94 bits per heavy atom. The van der Waals surface area contributed by atoms with Crippen LogP contribution in [0.1, 0.15) is 13.3 Å². The number of aryl methyl sites for hydroxylation is 1. The largest absolute Gasteiger partial charge is 0.394 e. The summed E-state index contributed by atoms with van der Waals surface area (Å²) in [6, 6.07) is -0.0564. The summed E-state index contributed by atoms with van der Waals surface area (Å²) in [6.45, 7) is 2.02. The molecule has 6 nitrogen and oxygen atoms in total. The van der Waals surface area contributed by atoms with Gasteiger partial charge < -0.3 is 15.0 Å². The van der Waals surface area contributed by atoms with Crippen LogP contribution in [0.4, 0.5) is 5.82 Å². The van der Waals surface area contributed by atoms with Crippen molar-refractivity contribution in [3.8, 4) is 0 Å². The van der Waals surface area contributed by atoms with Gasteiger partial charge in [-0.25, -0.2) is 4.98 Å². The van der Waals surface area contributed by atoms with E-state index in [1.54, 1.807) is 6.33 Å². The molecule has 0 saturated carbocycles. The van der Waals surface area contributed by atoms with Crippen molar-refractivity contribution >= 4 is 28.6 Å². The molecular formula is C10H14ClN5O. The summed E-state index contributed by atoms with van der Waals surface area (Å²) in [5.41, 5.74) is 1.32. The van der Waals surface area contributed by atoms with E-state index < -0.39 is 0 Å². The second-order valence-corrected chi connectivity index (χ2v) is 4.14. The SMILES string of the molecule is CCC(CO)Nc1nc(Cl)nc2ncn(C)c12. The van der Waals surface area contributed by atoms with E-state index in [1.165, 1.54) is 0 Å². The van der Waals surface area contributed by atoms with Crippen LogP contribution in [0.5, 0.6) is 0 Å². The lowest BCUT2D eigenvalue weighted by molar-refractivity contribution is 0.271. The van der Waals surface area contributed by atoms with Gasteiger partial charge in [0.2, 0.25) is 5.28 Å². The third-order valence-corrected chi connectivity index (χ3v) is 2.77. The maximum atomic E-state index is 9.19. The highest BCUT2D eigenvalue weighted by atomic mass is 35.5. The van der Waals surface area contributed by atoms with Crippen molar-refractivity contribution in [1.29, 1.82) is 0 Å². The van der Waals surface area contributed by atoms with E-state index in [9.17, 15) is 5.11 Å². The Labute approximate surface area is 104 Å². The Morgan fingerprint density at radius 2 is 2.29 bits per heavy atom. The molecule has 0 aliphatic rings. The zero-order chi connectivity index (χ0) is 12.4. The van der Waals surface area contributed by atoms with Gasteiger partial charge in [0.25, 0.3) is 0 Å². The van der Waals surface area contributed by atoms with Crippen molar-refractivity contribution in [2.24, 2.45) is 7.05 Å². The van der Waals surface area contributed by atoms with Crippen LogP contribution in [0.2, 0.25) is 5.28 Å². The fourth-order valence-corrected chi connectivity index (χ4v) is 1.77. The van der Waals surface area contributed by atoms with E-state index in [0.29, 0.717) is 11.5 Å². The van der Waals surface area contributed by atoms with E-state index in [2.05, 4.69) is 20.3 Å². The molecule has 17 heavy (non-hydrogen) atoms. The molecule has 0 amide bonds. The number of imidazole rings is 1. The number of hydrogen-bond acceptors (Lipinski definition) is 5. The fraction of sp³-hybridized carbons (Fsp3) is 0.500. The van der Waals surface area contributed by atoms with E-state index in [1.807, 2.05) is 18.5 Å². The summed E-state index contributed by atoms with van der Waals surface area (Å²) >= 11 is 5.83.